The lowest BCUT2D eigenvalue weighted by atomic mass is 10.0. The summed E-state index contributed by atoms with van der Waals surface area (Å²) in [6.45, 7) is 1.41. The first-order valence-corrected chi connectivity index (χ1v) is 9.18. The van der Waals surface area contributed by atoms with Crippen molar-refractivity contribution in [3.63, 3.8) is 0 Å². The molecule has 0 saturated carbocycles. The Kier molecular flexibility index (Phi) is 4.82. The van der Waals surface area contributed by atoms with Gasteiger partial charge in [0.2, 0.25) is 5.91 Å². The molecule has 0 radical (unpaired) electrons. The summed E-state index contributed by atoms with van der Waals surface area (Å²) < 4.78 is 1.80. The van der Waals surface area contributed by atoms with Gasteiger partial charge in [-0.1, -0.05) is 30.3 Å². The Morgan fingerprint density at radius 3 is 2.88 bits per heavy atom. The van der Waals surface area contributed by atoms with Crippen LogP contribution in [0.2, 0.25) is 0 Å². The van der Waals surface area contributed by atoms with Crippen LogP contribution in [0.4, 0.5) is 0 Å². The maximum atomic E-state index is 12.8. The third-order valence-electron chi connectivity index (χ3n) is 4.93. The predicted molar refractivity (Wildman–Crippen MR) is 99.2 cm³/mol. The smallest absolute Gasteiger partial charge is 0.225 e. The van der Waals surface area contributed by atoms with Crippen LogP contribution >= 0.6 is 0 Å². The predicted octanol–water partition coefficient (Wildman–Crippen LogP) is 3.42. The zero-order valence-corrected chi connectivity index (χ0v) is 14.7. The van der Waals surface area contributed by atoms with E-state index in [-0.39, 0.29) is 11.9 Å². The van der Waals surface area contributed by atoms with Crippen molar-refractivity contribution in [2.75, 3.05) is 6.54 Å². The maximum absolute atomic E-state index is 12.8. The summed E-state index contributed by atoms with van der Waals surface area (Å²) in [6, 6.07) is 12.1. The average molecular weight is 349 g/mol. The molecule has 1 fully saturated rings. The quantitative estimate of drug-likeness (QED) is 0.767. The van der Waals surface area contributed by atoms with Crippen molar-refractivity contribution in [2.45, 2.75) is 38.3 Å². The Morgan fingerprint density at radius 1 is 1.19 bits per heavy atom. The summed E-state index contributed by atoms with van der Waals surface area (Å²) in [7, 11) is 0. The van der Waals surface area contributed by atoms with Crippen molar-refractivity contribution < 1.29 is 4.79 Å². The fraction of sp³-hybridized carbons (Fsp3) is 0.350. The van der Waals surface area contributed by atoms with Gasteiger partial charge in [0.15, 0.2) is 0 Å². The summed E-state index contributed by atoms with van der Waals surface area (Å²) in [5.74, 6) is 1.05. The molecule has 1 aromatic carbocycles. The van der Waals surface area contributed by atoms with Crippen molar-refractivity contribution in [1.82, 2.24) is 24.6 Å². The average Bonchev–Trinajstić information content (AvgIpc) is 3.39. The van der Waals surface area contributed by atoms with Crippen molar-refractivity contribution in [3.8, 4) is 11.3 Å². The molecule has 6 nitrogen and oxygen atoms in total. The number of likely N-dealkylation sites (tertiary alicyclic amines) is 1. The zero-order valence-electron chi connectivity index (χ0n) is 14.7. The number of aromatic amines is 1. The van der Waals surface area contributed by atoms with Crippen molar-refractivity contribution in [2.24, 2.45) is 0 Å². The van der Waals surface area contributed by atoms with Crippen molar-refractivity contribution >= 4 is 5.91 Å². The summed E-state index contributed by atoms with van der Waals surface area (Å²) in [6.07, 6.45) is 9.08. The molecule has 3 aromatic rings. The highest BCUT2D eigenvalue weighted by molar-refractivity contribution is 5.76. The lowest BCUT2D eigenvalue weighted by molar-refractivity contribution is -0.135. The molecule has 1 amide bonds. The molecular formula is C20H23N5O. The summed E-state index contributed by atoms with van der Waals surface area (Å²) >= 11 is 0. The minimum Gasteiger partial charge on any atom is -0.340 e. The molecule has 1 aliphatic heterocycles. The van der Waals surface area contributed by atoms with E-state index in [2.05, 4.69) is 27.2 Å². The van der Waals surface area contributed by atoms with E-state index in [9.17, 15) is 4.79 Å². The minimum atomic E-state index is 0.0336. The lowest BCUT2D eigenvalue weighted by Gasteiger charge is -2.34. The number of carbonyl (C=O) groups is 1. The number of amides is 1. The third-order valence-corrected chi connectivity index (χ3v) is 4.93. The largest absolute Gasteiger partial charge is 0.340 e. The molecule has 1 N–H and O–H groups in total. The van der Waals surface area contributed by atoms with Gasteiger partial charge in [0.25, 0.3) is 0 Å². The second kappa shape index (κ2) is 7.56. The van der Waals surface area contributed by atoms with Crippen LogP contribution < -0.4 is 0 Å². The van der Waals surface area contributed by atoms with Gasteiger partial charge in [-0.2, -0.15) is 5.10 Å². The van der Waals surface area contributed by atoms with Crippen molar-refractivity contribution in [3.05, 3.63) is 60.8 Å². The molecule has 0 aliphatic carbocycles. The number of nitrogens with one attached hydrogen (secondary N) is 1. The van der Waals surface area contributed by atoms with Crippen LogP contribution in [0, 0.1) is 0 Å². The van der Waals surface area contributed by atoms with Gasteiger partial charge in [0.05, 0.1) is 17.9 Å². The van der Waals surface area contributed by atoms with Gasteiger partial charge in [-0.15, -0.1) is 0 Å². The highest BCUT2D eigenvalue weighted by atomic mass is 16.2. The van der Waals surface area contributed by atoms with Crippen LogP contribution in [0.5, 0.6) is 0 Å². The van der Waals surface area contributed by atoms with E-state index < -0.39 is 0 Å². The highest BCUT2D eigenvalue weighted by Crippen LogP contribution is 2.31. The molecule has 4 rings (SSSR count). The van der Waals surface area contributed by atoms with Crippen LogP contribution in [-0.4, -0.2) is 37.1 Å². The first-order valence-electron chi connectivity index (χ1n) is 9.18. The number of H-pyrrole nitrogens is 1. The van der Waals surface area contributed by atoms with Crippen LogP contribution in [0.25, 0.3) is 11.3 Å². The van der Waals surface area contributed by atoms with Gasteiger partial charge in [-0.3, -0.25) is 9.48 Å². The normalized spacial score (nSPS) is 17.4. The lowest BCUT2D eigenvalue weighted by Crippen LogP contribution is -2.39. The van der Waals surface area contributed by atoms with E-state index in [1.165, 1.54) is 0 Å². The molecule has 1 saturated heterocycles. The van der Waals surface area contributed by atoms with E-state index in [0.717, 1.165) is 42.9 Å². The fourth-order valence-electron chi connectivity index (χ4n) is 3.57. The van der Waals surface area contributed by atoms with Gasteiger partial charge >= 0.3 is 0 Å². The summed E-state index contributed by atoms with van der Waals surface area (Å²) in [5.41, 5.74) is 2.11. The Bertz CT molecular complexity index is 840. The number of aromatic nitrogens is 4. The number of piperidine rings is 1. The number of nitrogens with zero attached hydrogens (tertiary/aromatic N) is 4. The van der Waals surface area contributed by atoms with E-state index in [1.54, 1.807) is 10.9 Å². The molecule has 6 heteroatoms. The monoisotopic (exact) mass is 349 g/mol. The van der Waals surface area contributed by atoms with Crippen LogP contribution in [0.3, 0.4) is 0 Å². The zero-order chi connectivity index (χ0) is 17.8. The van der Waals surface area contributed by atoms with E-state index >= 15 is 0 Å². The Balaban J connectivity index is 1.48. The van der Waals surface area contributed by atoms with E-state index in [1.807, 2.05) is 41.6 Å². The second-order valence-corrected chi connectivity index (χ2v) is 6.67. The van der Waals surface area contributed by atoms with Gasteiger partial charge in [0.1, 0.15) is 5.82 Å². The number of hydrogen-bond acceptors (Lipinski definition) is 3. The second-order valence-electron chi connectivity index (χ2n) is 6.67. The Morgan fingerprint density at radius 2 is 2.08 bits per heavy atom. The number of hydrogen-bond donors (Lipinski definition) is 1. The SMILES string of the molecule is O=C(CCn1cccn1)N1CCCC[C@@H]1c1ncc(-c2ccccc2)[nH]1. The van der Waals surface area contributed by atoms with E-state index in [4.69, 9.17) is 0 Å². The number of carbonyl (C=O) groups excluding carboxylic acids is 1. The number of benzene rings is 1. The molecule has 134 valence electrons. The fourth-order valence-corrected chi connectivity index (χ4v) is 3.57. The van der Waals surface area contributed by atoms with Crippen LogP contribution in [0.15, 0.2) is 55.0 Å². The topological polar surface area (TPSA) is 66.8 Å². The first-order chi connectivity index (χ1) is 12.8. The molecule has 26 heavy (non-hydrogen) atoms. The molecule has 3 heterocycles. The van der Waals surface area contributed by atoms with Crippen LogP contribution in [0.1, 0.15) is 37.5 Å². The molecule has 0 unspecified atom stereocenters. The summed E-state index contributed by atoms with van der Waals surface area (Å²) in [4.78, 5) is 22.8. The molecular weight excluding hydrogens is 326 g/mol. The third kappa shape index (κ3) is 3.54. The Hall–Kier alpha value is -2.89. The van der Waals surface area contributed by atoms with Gasteiger partial charge in [-0.25, -0.2) is 4.98 Å². The molecule has 0 spiro atoms. The number of aryl methyl sites for hydroxylation is 1. The first kappa shape index (κ1) is 16.6. The standard InChI is InChI=1S/C20H23N5O/c26-19(10-14-24-12-6-11-22-24)25-13-5-4-9-18(25)20-21-15-17(23-20)16-7-2-1-3-8-16/h1-3,6-8,11-12,15,18H,4-5,9-10,13-14H2,(H,21,23)/t18-/m1/s1. The van der Waals surface area contributed by atoms with Crippen LogP contribution in [-0.2, 0) is 11.3 Å². The molecule has 2 aromatic heterocycles. The molecule has 1 atom stereocenters. The summed E-state index contributed by atoms with van der Waals surface area (Å²) in [5, 5.41) is 4.17. The van der Waals surface area contributed by atoms with E-state index in [0.29, 0.717) is 13.0 Å². The van der Waals surface area contributed by atoms with Crippen molar-refractivity contribution in [1.29, 1.82) is 0 Å². The number of imidazole rings is 1. The highest BCUT2D eigenvalue weighted by Gasteiger charge is 2.29. The van der Waals surface area contributed by atoms with Gasteiger partial charge in [-0.05, 0) is 30.9 Å². The van der Waals surface area contributed by atoms with Gasteiger partial charge < -0.3 is 9.88 Å². The minimum absolute atomic E-state index is 0.0336. The maximum Gasteiger partial charge on any atom is 0.225 e. The van der Waals surface area contributed by atoms with Gasteiger partial charge in [0, 0.05) is 31.9 Å². The molecule has 1 aliphatic rings. The number of rotatable bonds is 5. The Labute approximate surface area is 152 Å². The molecule has 0 bridgehead atoms.